The molecule has 0 spiro atoms. The van der Waals surface area contributed by atoms with Gasteiger partial charge < -0.3 is 5.11 Å². The Balaban J connectivity index is 2.23. The molecule has 0 aromatic heterocycles. The Kier molecular flexibility index (Phi) is 3.05. The molecule has 0 bridgehead atoms. The summed E-state index contributed by atoms with van der Waals surface area (Å²) in [5, 5.41) is 17.5. The van der Waals surface area contributed by atoms with Gasteiger partial charge in [0.05, 0.1) is 0 Å². The summed E-state index contributed by atoms with van der Waals surface area (Å²) in [6.07, 6.45) is 0. The van der Waals surface area contributed by atoms with E-state index in [1.54, 1.807) is 12.1 Å². The summed E-state index contributed by atoms with van der Waals surface area (Å²) in [5.74, 6) is 0.143. The van der Waals surface area contributed by atoms with Crippen LogP contribution in [-0.2, 0) is 0 Å². The van der Waals surface area contributed by atoms with E-state index in [4.69, 9.17) is 0 Å². The molecule has 4 rings (SSSR count). The van der Waals surface area contributed by atoms with Crippen molar-refractivity contribution < 1.29 is 5.11 Å². The third-order valence-electron chi connectivity index (χ3n) is 4.16. The van der Waals surface area contributed by atoms with E-state index >= 15 is 0 Å². The second-order valence-corrected chi connectivity index (χ2v) is 5.45. The smallest absolute Gasteiger partial charge is 0.124 e. The molecule has 3 nitrogen and oxygen atoms in total. The van der Waals surface area contributed by atoms with Gasteiger partial charge in [0.2, 0.25) is 0 Å². The second-order valence-electron chi connectivity index (χ2n) is 5.45. The monoisotopic (exact) mass is 299 g/mol. The molecule has 0 aliphatic rings. The average molecular weight is 299 g/mol. The van der Waals surface area contributed by atoms with Gasteiger partial charge in [-0.15, -0.1) is 4.91 Å². The van der Waals surface area contributed by atoms with Crippen LogP contribution in [0, 0.1) is 4.91 Å². The van der Waals surface area contributed by atoms with Crippen molar-refractivity contribution in [3.05, 3.63) is 77.7 Å². The van der Waals surface area contributed by atoms with Crippen LogP contribution in [-0.4, -0.2) is 5.11 Å². The van der Waals surface area contributed by atoms with Crippen molar-refractivity contribution in [1.82, 2.24) is 0 Å². The first-order chi connectivity index (χ1) is 11.3. The number of hydrogen-bond donors (Lipinski definition) is 1. The standard InChI is InChI=1S/C20H13NO2/c22-18-12-10-14-6-2-4-8-16(14)20(18)19-15-7-3-1-5-13(15)9-11-17(19)21-23/h1-12,22H. The number of fused-ring (bicyclic) bond motifs is 2. The maximum Gasteiger partial charge on any atom is 0.124 e. The molecule has 3 heteroatoms. The van der Waals surface area contributed by atoms with E-state index in [0.29, 0.717) is 16.8 Å². The van der Waals surface area contributed by atoms with E-state index in [-0.39, 0.29) is 5.75 Å². The summed E-state index contributed by atoms with van der Waals surface area (Å²) in [6, 6.07) is 22.7. The fourth-order valence-electron chi connectivity index (χ4n) is 3.12. The topological polar surface area (TPSA) is 49.7 Å². The van der Waals surface area contributed by atoms with Gasteiger partial charge in [0.25, 0.3) is 0 Å². The molecule has 0 aliphatic carbocycles. The number of nitroso groups, excluding NO2 is 1. The zero-order valence-electron chi connectivity index (χ0n) is 12.2. The van der Waals surface area contributed by atoms with Crippen molar-refractivity contribution in [2.24, 2.45) is 5.18 Å². The first kappa shape index (κ1) is 13.5. The summed E-state index contributed by atoms with van der Waals surface area (Å²) in [4.78, 5) is 11.4. The molecule has 0 saturated carbocycles. The molecule has 0 unspecified atom stereocenters. The first-order valence-electron chi connectivity index (χ1n) is 7.36. The summed E-state index contributed by atoms with van der Waals surface area (Å²) in [6.45, 7) is 0. The van der Waals surface area contributed by atoms with Gasteiger partial charge in [-0.2, -0.15) is 0 Å². The molecule has 23 heavy (non-hydrogen) atoms. The molecule has 0 amide bonds. The van der Waals surface area contributed by atoms with Crippen LogP contribution in [0.5, 0.6) is 5.75 Å². The number of rotatable bonds is 2. The molecule has 0 heterocycles. The molecule has 4 aromatic carbocycles. The van der Waals surface area contributed by atoms with Crippen molar-refractivity contribution >= 4 is 27.2 Å². The summed E-state index contributed by atoms with van der Waals surface area (Å²) < 4.78 is 0. The first-order valence-corrected chi connectivity index (χ1v) is 7.36. The number of nitrogens with zero attached hydrogens (tertiary/aromatic N) is 1. The van der Waals surface area contributed by atoms with Gasteiger partial charge in [-0.3, -0.25) is 0 Å². The van der Waals surface area contributed by atoms with E-state index in [2.05, 4.69) is 5.18 Å². The lowest BCUT2D eigenvalue weighted by Gasteiger charge is -2.13. The molecule has 4 aromatic rings. The van der Waals surface area contributed by atoms with Crippen LogP contribution in [0.2, 0.25) is 0 Å². The second kappa shape index (κ2) is 5.21. The third kappa shape index (κ3) is 2.06. The Labute approximate surface area is 132 Å². The van der Waals surface area contributed by atoms with E-state index < -0.39 is 0 Å². The fraction of sp³-hybridized carbons (Fsp3) is 0. The number of aromatic hydroxyl groups is 1. The molecular weight excluding hydrogens is 286 g/mol. The zero-order valence-corrected chi connectivity index (χ0v) is 12.2. The van der Waals surface area contributed by atoms with Gasteiger partial charge in [-0.1, -0.05) is 60.7 Å². The highest BCUT2D eigenvalue weighted by Crippen LogP contribution is 2.44. The highest BCUT2D eigenvalue weighted by Gasteiger charge is 2.16. The van der Waals surface area contributed by atoms with Crippen molar-refractivity contribution in [2.45, 2.75) is 0 Å². The molecule has 110 valence electrons. The summed E-state index contributed by atoms with van der Waals surface area (Å²) in [5.41, 5.74) is 1.65. The Hall–Kier alpha value is -3.20. The van der Waals surface area contributed by atoms with E-state index in [0.717, 1.165) is 21.5 Å². The van der Waals surface area contributed by atoms with Gasteiger partial charge in [0, 0.05) is 11.1 Å². The van der Waals surface area contributed by atoms with Crippen LogP contribution in [0.25, 0.3) is 32.7 Å². The molecule has 0 atom stereocenters. The molecular formula is C20H13NO2. The lowest BCUT2D eigenvalue weighted by Crippen LogP contribution is -1.86. The normalized spacial score (nSPS) is 11.0. The molecule has 0 aliphatic heterocycles. The van der Waals surface area contributed by atoms with Gasteiger partial charge >= 0.3 is 0 Å². The number of phenolic OH excluding ortho intramolecular Hbond substituents is 1. The largest absolute Gasteiger partial charge is 0.507 e. The lowest BCUT2D eigenvalue weighted by molar-refractivity contribution is 0.478. The molecule has 0 radical (unpaired) electrons. The summed E-state index contributed by atoms with van der Waals surface area (Å²) >= 11 is 0. The predicted molar refractivity (Wildman–Crippen MR) is 94.0 cm³/mol. The average Bonchev–Trinajstić information content (AvgIpc) is 2.61. The third-order valence-corrected chi connectivity index (χ3v) is 4.16. The van der Waals surface area contributed by atoms with E-state index in [9.17, 15) is 10.0 Å². The molecule has 0 fully saturated rings. The number of phenols is 1. The maximum atomic E-state index is 11.4. The highest BCUT2D eigenvalue weighted by atomic mass is 16.3. The zero-order chi connectivity index (χ0) is 15.8. The van der Waals surface area contributed by atoms with Crippen LogP contribution < -0.4 is 0 Å². The van der Waals surface area contributed by atoms with Crippen molar-refractivity contribution in [1.29, 1.82) is 0 Å². The lowest BCUT2D eigenvalue weighted by atomic mass is 9.92. The maximum absolute atomic E-state index is 11.4. The summed E-state index contributed by atoms with van der Waals surface area (Å²) in [7, 11) is 0. The highest BCUT2D eigenvalue weighted by molar-refractivity contribution is 6.11. The Morgan fingerprint density at radius 3 is 1.87 bits per heavy atom. The molecule has 1 N–H and O–H groups in total. The number of hydrogen-bond acceptors (Lipinski definition) is 3. The van der Waals surface area contributed by atoms with Gasteiger partial charge in [-0.05, 0) is 38.9 Å². The quantitative estimate of drug-likeness (QED) is 0.478. The van der Waals surface area contributed by atoms with Gasteiger partial charge in [-0.25, -0.2) is 0 Å². The van der Waals surface area contributed by atoms with Crippen LogP contribution >= 0.6 is 0 Å². The minimum absolute atomic E-state index is 0.143. The van der Waals surface area contributed by atoms with Crippen LogP contribution in [0.3, 0.4) is 0 Å². The van der Waals surface area contributed by atoms with Crippen molar-refractivity contribution in [2.75, 3.05) is 0 Å². The van der Waals surface area contributed by atoms with Gasteiger partial charge in [0.15, 0.2) is 0 Å². The minimum atomic E-state index is 0.143. The van der Waals surface area contributed by atoms with E-state index in [1.165, 1.54) is 0 Å². The number of benzene rings is 4. The predicted octanol–water partition coefficient (Wildman–Crippen LogP) is 5.76. The minimum Gasteiger partial charge on any atom is -0.507 e. The fourth-order valence-corrected chi connectivity index (χ4v) is 3.12. The van der Waals surface area contributed by atoms with Crippen molar-refractivity contribution in [3.8, 4) is 16.9 Å². The van der Waals surface area contributed by atoms with E-state index in [1.807, 2.05) is 60.7 Å². The van der Waals surface area contributed by atoms with Crippen molar-refractivity contribution in [3.63, 3.8) is 0 Å². The molecule has 0 saturated heterocycles. The Morgan fingerprint density at radius 2 is 1.22 bits per heavy atom. The van der Waals surface area contributed by atoms with Crippen LogP contribution in [0.1, 0.15) is 0 Å². The SMILES string of the molecule is O=Nc1ccc2ccccc2c1-c1c(O)ccc2ccccc12. The van der Waals surface area contributed by atoms with Crippen LogP contribution in [0.4, 0.5) is 5.69 Å². The van der Waals surface area contributed by atoms with Crippen LogP contribution in [0.15, 0.2) is 78.0 Å². The Morgan fingerprint density at radius 1 is 0.652 bits per heavy atom. The van der Waals surface area contributed by atoms with Gasteiger partial charge in [0.1, 0.15) is 11.4 Å². The Bertz CT molecular complexity index is 1050.